The highest BCUT2D eigenvalue weighted by Gasteiger charge is 2.32. The van der Waals surface area contributed by atoms with Crippen LogP contribution >= 0.6 is 12.2 Å². The maximum atomic E-state index is 14.5. The molecule has 1 aliphatic heterocycles. The van der Waals surface area contributed by atoms with E-state index in [0.717, 1.165) is 5.69 Å². The first kappa shape index (κ1) is 22.2. The molecule has 3 rings (SSSR count). The highest BCUT2D eigenvalue weighted by atomic mass is 32.1. The van der Waals surface area contributed by atoms with Crippen LogP contribution in [0.4, 0.5) is 26.2 Å². The topological polar surface area (TPSA) is 108 Å². The quantitative estimate of drug-likeness (QED) is 0.361. The van der Waals surface area contributed by atoms with Gasteiger partial charge in [0, 0.05) is 26.2 Å². The minimum Gasteiger partial charge on any atom is -0.442 e. The number of amides is 2. The fraction of sp³-hybridized carbons (Fsp3) is 0.300. The lowest BCUT2D eigenvalue weighted by Crippen LogP contribution is -2.33. The van der Waals surface area contributed by atoms with Crippen molar-refractivity contribution in [1.82, 2.24) is 15.6 Å². The number of thiocarbonyl (C=S) groups is 1. The van der Waals surface area contributed by atoms with Crippen LogP contribution < -0.4 is 26.2 Å². The molecule has 9 nitrogen and oxygen atoms in total. The monoisotopic (exact) mass is 446 g/mol. The Balaban J connectivity index is 1.45. The molecular formula is C20H23FN6O3S. The molecule has 0 radical (unpaired) electrons. The largest absolute Gasteiger partial charge is 0.442 e. The van der Waals surface area contributed by atoms with E-state index in [4.69, 9.17) is 17.0 Å². The van der Waals surface area contributed by atoms with E-state index in [1.807, 2.05) is 6.07 Å². The summed E-state index contributed by atoms with van der Waals surface area (Å²) in [4.78, 5) is 28.4. The highest BCUT2D eigenvalue weighted by Crippen LogP contribution is 2.25. The second-order valence-corrected chi connectivity index (χ2v) is 7.18. The molecule has 1 fully saturated rings. The summed E-state index contributed by atoms with van der Waals surface area (Å²) in [5, 5.41) is 12.0. The van der Waals surface area contributed by atoms with Gasteiger partial charge in [-0.15, -0.1) is 0 Å². The van der Waals surface area contributed by atoms with Crippen LogP contribution in [0.25, 0.3) is 0 Å². The summed E-state index contributed by atoms with van der Waals surface area (Å²) in [6, 6.07) is 8.10. The van der Waals surface area contributed by atoms with Gasteiger partial charge in [-0.1, -0.05) is 0 Å². The van der Waals surface area contributed by atoms with Crippen molar-refractivity contribution < 1.29 is 18.7 Å². The van der Waals surface area contributed by atoms with Gasteiger partial charge in [0.25, 0.3) is 0 Å². The number of nitrogens with one attached hydrogen (secondary N) is 4. The number of halogens is 1. The van der Waals surface area contributed by atoms with E-state index in [2.05, 4.69) is 26.3 Å². The van der Waals surface area contributed by atoms with Crippen molar-refractivity contribution in [3.8, 4) is 0 Å². The SMILES string of the molecule is CC(=O)NC[C@H]1CN(c2ccc(NCCNC(=S)Nc3cccnc3)c(F)c2)C(=O)O1. The van der Waals surface area contributed by atoms with Gasteiger partial charge in [-0.25, -0.2) is 9.18 Å². The van der Waals surface area contributed by atoms with Gasteiger partial charge in [-0.2, -0.15) is 0 Å². The van der Waals surface area contributed by atoms with Crippen molar-refractivity contribution in [3.63, 3.8) is 0 Å². The van der Waals surface area contributed by atoms with E-state index in [0.29, 0.717) is 29.6 Å². The Kier molecular flexibility index (Phi) is 7.55. The zero-order chi connectivity index (χ0) is 22.2. The van der Waals surface area contributed by atoms with E-state index in [9.17, 15) is 14.0 Å². The van der Waals surface area contributed by atoms with Crippen molar-refractivity contribution in [2.75, 3.05) is 41.7 Å². The van der Waals surface area contributed by atoms with Crippen LogP contribution in [0.5, 0.6) is 0 Å². The van der Waals surface area contributed by atoms with E-state index < -0.39 is 18.0 Å². The Morgan fingerprint density at radius 1 is 1.32 bits per heavy atom. The molecule has 164 valence electrons. The standard InChI is InChI=1S/C20H23FN6O3S/c1-13(28)25-11-16-12-27(20(29)30-16)15-4-5-18(17(21)9-15)23-7-8-24-19(31)26-14-3-2-6-22-10-14/h2-6,9-10,16,23H,7-8,11-12H2,1H3,(H,25,28)(H2,24,26,31)/t16-/m0/s1. The third kappa shape index (κ3) is 6.51. The molecular weight excluding hydrogens is 423 g/mol. The van der Waals surface area contributed by atoms with E-state index in [-0.39, 0.29) is 19.0 Å². The summed E-state index contributed by atoms with van der Waals surface area (Å²) in [6.45, 7) is 2.73. The summed E-state index contributed by atoms with van der Waals surface area (Å²) in [6.07, 6.45) is 2.27. The van der Waals surface area contributed by atoms with Crippen molar-refractivity contribution in [2.24, 2.45) is 0 Å². The molecule has 0 spiro atoms. The number of anilines is 3. The molecule has 0 saturated carbocycles. The predicted molar refractivity (Wildman–Crippen MR) is 120 cm³/mol. The molecule has 1 aliphatic rings. The lowest BCUT2D eigenvalue weighted by Gasteiger charge is -2.15. The number of benzene rings is 1. The number of hydrogen-bond acceptors (Lipinski definition) is 6. The Labute approximate surface area is 184 Å². The number of nitrogens with zero attached hydrogens (tertiary/aromatic N) is 2. The van der Waals surface area contributed by atoms with Crippen molar-refractivity contribution in [3.05, 3.63) is 48.5 Å². The number of hydrogen-bond donors (Lipinski definition) is 4. The highest BCUT2D eigenvalue weighted by molar-refractivity contribution is 7.80. The first-order chi connectivity index (χ1) is 14.9. The Morgan fingerprint density at radius 3 is 2.87 bits per heavy atom. The van der Waals surface area contributed by atoms with Crippen LogP contribution in [0.3, 0.4) is 0 Å². The third-order valence-electron chi connectivity index (χ3n) is 4.36. The molecule has 2 amide bonds. The van der Waals surface area contributed by atoms with Crippen LogP contribution in [0, 0.1) is 5.82 Å². The van der Waals surface area contributed by atoms with Gasteiger partial charge in [-0.3, -0.25) is 14.7 Å². The smallest absolute Gasteiger partial charge is 0.414 e. The molecule has 0 bridgehead atoms. The average Bonchev–Trinajstić information content (AvgIpc) is 3.12. The summed E-state index contributed by atoms with van der Waals surface area (Å²) in [5.41, 5.74) is 1.46. The molecule has 0 aliphatic carbocycles. The predicted octanol–water partition coefficient (Wildman–Crippen LogP) is 2.08. The minimum atomic E-state index is -0.575. The molecule has 4 N–H and O–H groups in total. The van der Waals surface area contributed by atoms with Crippen LogP contribution in [-0.4, -0.2) is 54.4 Å². The number of cyclic esters (lactones) is 1. The van der Waals surface area contributed by atoms with Crippen LogP contribution in [0.2, 0.25) is 0 Å². The van der Waals surface area contributed by atoms with Crippen molar-refractivity contribution >= 4 is 46.4 Å². The van der Waals surface area contributed by atoms with Gasteiger partial charge in [0.15, 0.2) is 5.11 Å². The summed E-state index contributed by atoms with van der Waals surface area (Å²) in [7, 11) is 0. The lowest BCUT2D eigenvalue weighted by molar-refractivity contribution is -0.119. The minimum absolute atomic E-state index is 0.209. The fourth-order valence-electron chi connectivity index (χ4n) is 2.90. The van der Waals surface area contributed by atoms with E-state index in [1.165, 1.54) is 17.9 Å². The van der Waals surface area contributed by atoms with Crippen LogP contribution in [-0.2, 0) is 9.53 Å². The van der Waals surface area contributed by atoms with Gasteiger partial charge in [0.1, 0.15) is 11.9 Å². The lowest BCUT2D eigenvalue weighted by atomic mass is 10.2. The molecule has 2 aromatic rings. The molecule has 1 saturated heterocycles. The van der Waals surface area contributed by atoms with E-state index in [1.54, 1.807) is 30.6 Å². The zero-order valence-corrected chi connectivity index (χ0v) is 17.7. The average molecular weight is 447 g/mol. The second-order valence-electron chi connectivity index (χ2n) is 6.77. The number of rotatable bonds is 8. The van der Waals surface area contributed by atoms with Gasteiger partial charge < -0.3 is 26.0 Å². The summed E-state index contributed by atoms with van der Waals surface area (Å²) >= 11 is 5.20. The molecule has 1 atom stereocenters. The molecule has 2 heterocycles. The maximum Gasteiger partial charge on any atom is 0.414 e. The number of aromatic nitrogens is 1. The first-order valence-electron chi connectivity index (χ1n) is 9.63. The van der Waals surface area contributed by atoms with Gasteiger partial charge in [0.05, 0.1) is 36.3 Å². The number of carbonyl (C=O) groups excluding carboxylic acids is 2. The molecule has 11 heteroatoms. The molecule has 0 unspecified atom stereocenters. The first-order valence-corrected chi connectivity index (χ1v) is 10.0. The van der Waals surface area contributed by atoms with E-state index >= 15 is 0 Å². The van der Waals surface area contributed by atoms with Crippen molar-refractivity contribution in [1.29, 1.82) is 0 Å². The van der Waals surface area contributed by atoms with Crippen LogP contribution in [0.1, 0.15) is 6.92 Å². The molecule has 31 heavy (non-hydrogen) atoms. The molecule has 1 aromatic carbocycles. The van der Waals surface area contributed by atoms with Gasteiger partial charge in [-0.05, 0) is 42.5 Å². The van der Waals surface area contributed by atoms with Gasteiger partial charge in [0.2, 0.25) is 5.91 Å². The second kappa shape index (κ2) is 10.5. The Hall–Kier alpha value is -3.47. The Bertz CT molecular complexity index is 946. The summed E-state index contributed by atoms with van der Waals surface area (Å²) < 4.78 is 19.7. The number of pyridine rings is 1. The number of carbonyl (C=O) groups is 2. The third-order valence-corrected chi connectivity index (χ3v) is 4.61. The molecule has 1 aromatic heterocycles. The zero-order valence-electron chi connectivity index (χ0n) is 16.9. The maximum absolute atomic E-state index is 14.5. The number of ether oxygens (including phenoxy) is 1. The van der Waals surface area contributed by atoms with Crippen molar-refractivity contribution in [2.45, 2.75) is 13.0 Å². The fourth-order valence-corrected chi connectivity index (χ4v) is 3.12. The Morgan fingerprint density at radius 2 is 2.16 bits per heavy atom. The van der Waals surface area contributed by atoms with Gasteiger partial charge >= 0.3 is 6.09 Å². The summed E-state index contributed by atoms with van der Waals surface area (Å²) in [5.74, 6) is -0.703. The van der Waals surface area contributed by atoms with Crippen LogP contribution in [0.15, 0.2) is 42.7 Å². The normalized spacial score (nSPS) is 15.2.